The third-order valence-corrected chi connectivity index (χ3v) is 7.47. The number of nitrogens with one attached hydrogen (secondary N) is 1. The molecular formula is C32H36N4O5. The predicted molar refractivity (Wildman–Crippen MR) is 156 cm³/mol. The SMILES string of the molecule is CCOC(=O)C1C(=O)NC(N2CCN(C(c3ccccc3)c3ccccc3)CC2)=NC1c1ccc(O)c(OCC)c1. The minimum atomic E-state index is -1.15. The standard InChI is InChI=1S/C32H36N4O5/c1-3-40-26-21-24(15-16-25(26)37)28-27(31(39)41-4-2)30(38)34-32(33-28)36-19-17-35(18-20-36)29(22-11-7-5-8-12-22)23-13-9-6-10-14-23/h5-16,21,27-29,37H,3-4,17-20H2,1-2H3,(H,33,34,38). The molecule has 5 rings (SSSR count). The highest BCUT2D eigenvalue weighted by atomic mass is 16.5. The van der Waals surface area contributed by atoms with Crippen molar-refractivity contribution in [3.8, 4) is 11.5 Å². The molecule has 9 nitrogen and oxygen atoms in total. The highest BCUT2D eigenvalue weighted by Gasteiger charge is 2.42. The molecule has 41 heavy (non-hydrogen) atoms. The normalized spacial score (nSPS) is 19.4. The van der Waals surface area contributed by atoms with Crippen LogP contribution in [0.5, 0.6) is 11.5 Å². The summed E-state index contributed by atoms with van der Waals surface area (Å²) in [6.45, 7) is 6.82. The Bertz CT molecular complexity index is 1330. The number of guanidine groups is 1. The van der Waals surface area contributed by atoms with Crippen molar-refractivity contribution in [2.24, 2.45) is 10.9 Å². The number of piperazine rings is 1. The van der Waals surface area contributed by atoms with Crippen LogP contribution in [-0.4, -0.2) is 72.1 Å². The van der Waals surface area contributed by atoms with E-state index in [9.17, 15) is 14.7 Å². The Labute approximate surface area is 240 Å². The van der Waals surface area contributed by atoms with Gasteiger partial charge in [0.15, 0.2) is 17.4 Å². The lowest BCUT2D eigenvalue weighted by Crippen LogP contribution is -2.57. The molecule has 1 fully saturated rings. The summed E-state index contributed by atoms with van der Waals surface area (Å²) in [4.78, 5) is 35.6. The monoisotopic (exact) mass is 556 g/mol. The maximum Gasteiger partial charge on any atom is 0.321 e. The number of rotatable bonds is 8. The molecule has 2 N–H and O–H groups in total. The minimum absolute atomic E-state index is 0.0183. The summed E-state index contributed by atoms with van der Waals surface area (Å²) in [6, 6.07) is 25.0. The van der Waals surface area contributed by atoms with E-state index in [0.717, 1.165) is 13.1 Å². The van der Waals surface area contributed by atoms with Crippen LogP contribution in [0.25, 0.3) is 0 Å². The molecule has 1 amide bonds. The van der Waals surface area contributed by atoms with Gasteiger partial charge < -0.3 is 19.5 Å². The molecule has 0 aromatic heterocycles. The van der Waals surface area contributed by atoms with Crippen LogP contribution in [0.2, 0.25) is 0 Å². The van der Waals surface area contributed by atoms with Crippen LogP contribution in [0, 0.1) is 5.92 Å². The second-order valence-corrected chi connectivity index (χ2v) is 10.0. The lowest BCUT2D eigenvalue weighted by atomic mass is 9.91. The molecule has 2 heterocycles. The van der Waals surface area contributed by atoms with Gasteiger partial charge in [0.05, 0.1) is 19.3 Å². The van der Waals surface area contributed by atoms with Crippen LogP contribution in [0.15, 0.2) is 83.9 Å². The van der Waals surface area contributed by atoms with Crippen LogP contribution in [0.4, 0.5) is 0 Å². The molecule has 1 saturated heterocycles. The van der Waals surface area contributed by atoms with Gasteiger partial charge in [-0.3, -0.25) is 19.8 Å². The van der Waals surface area contributed by atoms with Crippen LogP contribution < -0.4 is 10.1 Å². The van der Waals surface area contributed by atoms with Crippen molar-refractivity contribution < 1.29 is 24.2 Å². The van der Waals surface area contributed by atoms with Gasteiger partial charge in [-0.1, -0.05) is 66.7 Å². The quantitative estimate of drug-likeness (QED) is 0.320. The Morgan fingerprint density at radius 1 is 0.951 bits per heavy atom. The molecule has 2 aliphatic rings. The van der Waals surface area contributed by atoms with Crippen molar-refractivity contribution in [3.05, 3.63) is 95.6 Å². The first-order chi connectivity index (χ1) is 20.0. The molecule has 0 saturated carbocycles. The number of amides is 1. The van der Waals surface area contributed by atoms with E-state index < -0.39 is 23.8 Å². The second kappa shape index (κ2) is 12.9. The van der Waals surface area contributed by atoms with Crippen molar-refractivity contribution >= 4 is 17.8 Å². The van der Waals surface area contributed by atoms with E-state index in [0.29, 0.717) is 31.2 Å². The fourth-order valence-electron chi connectivity index (χ4n) is 5.53. The zero-order chi connectivity index (χ0) is 28.8. The minimum Gasteiger partial charge on any atom is -0.504 e. The first kappa shape index (κ1) is 28.2. The summed E-state index contributed by atoms with van der Waals surface area (Å²) in [7, 11) is 0. The molecule has 0 radical (unpaired) electrons. The average Bonchev–Trinajstić information content (AvgIpc) is 3.00. The fraction of sp³-hybridized carbons (Fsp3) is 0.344. The number of hydrogen-bond donors (Lipinski definition) is 2. The zero-order valence-electron chi connectivity index (χ0n) is 23.4. The predicted octanol–water partition coefficient (Wildman–Crippen LogP) is 3.90. The number of ether oxygens (including phenoxy) is 2. The number of phenolic OH excluding ortho intramolecular Hbond substituents is 1. The van der Waals surface area contributed by atoms with E-state index in [4.69, 9.17) is 14.5 Å². The van der Waals surface area contributed by atoms with Gasteiger partial charge >= 0.3 is 5.97 Å². The Hall–Kier alpha value is -4.37. The molecule has 0 aliphatic carbocycles. The molecule has 214 valence electrons. The number of carbonyl (C=O) groups is 2. The summed E-state index contributed by atoms with van der Waals surface area (Å²) in [6.07, 6.45) is 0. The summed E-state index contributed by atoms with van der Waals surface area (Å²) >= 11 is 0. The Morgan fingerprint density at radius 2 is 1.59 bits per heavy atom. The number of benzene rings is 3. The number of aromatic hydroxyl groups is 1. The average molecular weight is 557 g/mol. The maximum absolute atomic E-state index is 13.4. The Kier molecular flexibility index (Phi) is 8.84. The molecule has 3 aromatic carbocycles. The van der Waals surface area contributed by atoms with Crippen molar-refractivity contribution in [2.75, 3.05) is 39.4 Å². The number of aliphatic imine (C=N–C) groups is 1. The van der Waals surface area contributed by atoms with Crippen molar-refractivity contribution in [3.63, 3.8) is 0 Å². The fourth-order valence-corrected chi connectivity index (χ4v) is 5.53. The third kappa shape index (κ3) is 6.20. The van der Waals surface area contributed by atoms with Gasteiger partial charge in [-0.2, -0.15) is 0 Å². The number of nitrogens with zero attached hydrogens (tertiary/aromatic N) is 3. The summed E-state index contributed by atoms with van der Waals surface area (Å²) in [5.74, 6) is -1.56. The van der Waals surface area contributed by atoms with Crippen molar-refractivity contribution in [2.45, 2.75) is 25.9 Å². The summed E-state index contributed by atoms with van der Waals surface area (Å²) in [5, 5.41) is 13.1. The molecule has 0 bridgehead atoms. The van der Waals surface area contributed by atoms with E-state index in [1.165, 1.54) is 17.2 Å². The van der Waals surface area contributed by atoms with Gasteiger partial charge in [0.2, 0.25) is 11.9 Å². The van der Waals surface area contributed by atoms with E-state index in [2.05, 4.69) is 63.6 Å². The summed E-state index contributed by atoms with van der Waals surface area (Å²) < 4.78 is 10.8. The lowest BCUT2D eigenvalue weighted by molar-refractivity contribution is -0.153. The highest BCUT2D eigenvalue weighted by Crippen LogP contribution is 2.36. The lowest BCUT2D eigenvalue weighted by Gasteiger charge is -2.42. The topological polar surface area (TPSA) is 104 Å². The van der Waals surface area contributed by atoms with Crippen LogP contribution in [-0.2, 0) is 14.3 Å². The van der Waals surface area contributed by atoms with Crippen molar-refractivity contribution in [1.29, 1.82) is 0 Å². The Balaban J connectivity index is 1.40. The van der Waals surface area contributed by atoms with Gasteiger partial charge in [-0.25, -0.2) is 4.99 Å². The number of esters is 1. The van der Waals surface area contributed by atoms with Gasteiger partial charge in [0, 0.05) is 26.2 Å². The molecule has 2 unspecified atom stereocenters. The van der Waals surface area contributed by atoms with Crippen LogP contribution >= 0.6 is 0 Å². The van der Waals surface area contributed by atoms with Crippen LogP contribution in [0.3, 0.4) is 0 Å². The smallest absolute Gasteiger partial charge is 0.321 e. The van der Waals surface area contributed by atoms with Gasteiger partial charge in [-0.05, 0) is 42.7 Å². The molecular weight excluding hydrogens is 520 g/mol. The number of hydrogen-bond acceptors (Lipinski definition) is 8. The zero-order valence-corrected chi connectivity index (χ0v) is 23.4. The third-order valence-electron chi connectivity index (χ3n) is 7.47. The number of carbonyl (C=O) groups excluding carboxylic acids is 2. The first-order valence-electron chi connectivity index (χ1n) is 14.1. The van der Waals surface area contributed by atoms with Crippen LogP contribution in [0.1, 0.15) is 42.6 Å². The molecule has 2 atom stereocenters. The van der Waals surface area contributed by atoms with E-state index in [1.807, 2.05) is 19.1 Å². The molecule has 0 spiro atoms. The van der Waals surface area contributed by atoms with Gasteiger partial charge in [0.1, 0.15) is 6.04 Å². The van der Waals surface area contributed by atoms with E-state index >= 15 is 0 Å². The summed E-state index contributed by atoms with van der Waals surface area (Å²) in [5.41, 5.74) is 3.04. The largest absolute Gasteiger partial charge is 0.504 e. The van der Waals surface area contributed by atoms with E-state index in [1.54, 1.807) is 19.1 Å². The Morgan fingerprint density at radius 3 is 2.17 bits per heavy atom. The number of phenols is 1. The highest BCUT2D eigenvalue weighted by molar-refractivity contribution is 6.08. The van der Waals surface area contributed by atoms with Gasteiger partial charge in [0.25, 0.3) is 0 Å². The van der Waals surface area contributed by atoms with Crippen molar-refractivity contribution in [1.82, 2.24) is 15.1 Å². The molecule has 3 aromatic rings. The van der Waals surface area contributed by atoms with E-state index in [-0.39, 0.29) is 24.1 Å². The molecule has 2 aliphatic heterocycles. The molecule has 9 heteroatoms. The first-order valence-corrected chi connectivity index (χ1v) is 14.1. The maximum atomic E-state index is 13.4. The second-order valence-electron chi connectivity index (χ2n) is 10.0. The van der Waals surface area contributed by atoms with Gasteiger partial charge in [-0.15, -0.1) is 0 Å².